The Hall–Kier alpha value is -2.21. The molecule has 0 radical (unpaired) electrons. The van der Waals surface area contributed by atoms with Gasteiger partial charge in [-0.3, -0.25) is 4.79 Å². The van der Waals surface area contributed by atoms with E-state index in [9.17, 15) is 4.79 Å². The highest BCUT2D eigenvalue weighted by molar-refractivity contribution is 9.08. The molecule has 1 heterocycles. The first-order valence-electron chi connectivity index (χ1n) is 8.59. The lowest BCUT2D eigenvalue weighted by molar-refractivity contribution is -0.142. The van der Waals surface area contributed by atoms with Gasteiger partial charge >= 0.3 is 5.97 Å². The van der Waals surface area contributed by atoms with Crippen LogP contribution >= 0.6 is 15.9 Å². The minimum Gasteiger partial charge on any atom is -0.466 e. The molecule has 6 heteroatoms. The molecule has 0 bridgehead atoms. The Kier molecular flexibility index (Phi) is 6.04. The third-order valence-electron chi connectivity index (χ3n) is 4.09. The van der Waals surface area contributed by atoms with Crippen LogP contribution in [0.4, 0.5) is 0 Å². The molecular weight excluding hydrogens is 400 g/mol. The zero-order chi connectivity index (χ0) is 18.5. The Labute approximate surface area is 161 Å². The summed E-state index contributed by atoms with van der Waals surface area (Å²) in [5, 5.41) is 0.784. The first-order valence-corrected chi connectivity index (χ1v) is 9.71. The molecule has 0 amide bonds. The van der Waals surface area contributed by atoms with Crippen LogP contribution in [0, 0.1) is 0 Å². The molecule has 0 saturated carbocycles. The lowest BCUT2D eigenvalue weighted by Gasteiger charge is -2.16. The number of hydrogen-bond donors (Lipinski definition) is 0. The van der Waals surface area contributed by atoms with Crippen molar-refractivity contribution in [3.63, 3.8) is 0 Å². The van der Waals surface area contributed by atoms with Crippen LogP contribution in [-0.2, 0) is 27.7 Å². The van der Waals surface area contributed by atoms with Crippen LogP contribution in [0.25, 0.3) is 0 Å². The number of fused-ring (bicyclic) bond motifs is 1. The minimum absolute atomic E-state index is 0.112. The number of halogens is 1. The summed E-state index contributed by atoms with van der Waals surface area (Å²) in [6.07, 6.45) is 0.941. The topological polar surface area (TPSA) is 54.0 Å². The molecule has 0 N–H and O–H groups in total. The molecule has 0 saturated heterocycles. The van der Waals surface area contributed by atoms with Crippen LogP contribution in [0.5, 0.6) is 23.0 Å². The third kappa shape index (κ3) is 3.96. The number of ether oxygens (including phenoxy) is 4. The first kappa shape index (κ1) is 18.6. The van der Waals surface area contributed by atoms with Crippen molar-refractivity contribution in [2.75, 3.05) is 13.4 Å². The van der Waals surface area contributed by atoms with Gasteiger partial charge in [0.25, 0.3) is 0 Å². The monoisotopic (exact) mass is 420 g/mol. The van der Waals surface area contributed by atoms with E-state index >= 15 is 0 Å². The van der Waals surface area contributed by atoms with Crippen molar-refractivity contribution in [1.82, 2.24) is 0 Å². The number of benzene rings is 2. The number of carbonyl (C=O) groups is 1. The summed E-state index contributed by atoms with van der Waals surface area (Å²) in [5.41, 5.74) is 2.97. The molecular formula is C20H21BrO5. The van der Waals surface area contributed by atoms with E-state index < -0.39 is 0 Å². The smallest absolute Gasteiger partial charge is 0.310 e. The van der Waals surface area contributed by atoms with E-state index in [0.717, 1.165) is 23.1 Å². The standard InChI is InChI=1S/C20H21BrO5/c1-3-14-9-13(11-21)5-7-16(14)26-19-15(10-18(22)23-4-2)6-8-17-20(19)25-12-24-17/h5-9H,3-4,10-12H2,1-2H3. The number of carbonyl (C=O) groups excluding carboxylic acids is 1. The second-order valence-corrected chi connectivity index (χ2v) is 6.36. The second-order valence-electron chi connectivity index (χ2n) is 5.80. The maximum Gasteiger partial charge on any atom is 0.310 e. The van der Waals surface area contributed by atoms with E-state index in [0.29, 0.717) is 29.4 Å². The average molecular weight is 421 g/mol. The Morgan fingerprint density at radius 1 is 1.15 bits per heavy atom. The lowest BCUT2D eigenvalue weighted by atomic mass is 10.1. The molecule has 1 aliphatic heterocycles. The summed E-state index contributed by atoms with van der Waals surface area (Å²) in [6, 6.07) is 9.67. The summed E-state index contributed by atoms with van der Waals surface area (Å²) in [7, 11) is 0. The van der Waals surface area contributed by atoms with E-state index in [4.69, 9.17) is 18.9 Å². The van der Waals surface area contributed by atoms with Gasteiger partial charge in [-0.25, -0.2) is 0 Å². The fraction of sp³-hybridized carbons (Fsp3) is 0.350. The maximum absolute atomic E-state index is 12.0. The number of hydrogen-bond acceptors (Lipinski definition) is 5. The zero-order valence-electron chi connectivity index (χ0n) is 14.8. The van der Waals surface area contributed by atoms with Gasteiger partial charge in [0.15, 0.2) is 11.5 Å². The van der Waals surface area contributed by atoms with E-state index in [-0.39, 0.29) is 19.2 Å². The molecule has 1 aliphatic rings. The Morgan fingerprint density at radius 3 is 2.73 bits per heavy atom. The fourth-order valence-corrected chi connectivity index (χ4v) is 3.16. The van der Waals surface area contributed by atoms with E-state index in [1.54, 1.807) is 13.0 Å². The highest BCUT2D eigenvalue weighted by Crippen LogP contribution is 2.46. The quantitative estimate of drug-likeness (QED) is 0.476. The van der Waals surface area contributed by atoms with Crippen LogP contribution in [-0.4, -0.2) is 19.4 Å². The van der Waals surface area contributed by atoms with Crippen LogP contribution < -0.4 is 14.2 Å². The fourth-order valence-electron chi connectivity index (χ4n) is 2.81. The summed E-state index contributed by atoms with van der Waals surface area (Å²) < 4.78 is 22.3. The molecule has 0 atom stereocenters. The summed E-state index contributed by atoms with van der Waals surface area (Å²) in [5.74, 6) is 2.09. The van der Waals surface area contributed by atoms with E-state index in [1.807, 2.05) is 18.2 Å². The van der Waals surface area contributed by atoms with Gasteiger partial charge in [-0.05, 0) is 36.6 Å². The molecule has 0 unspecified atom stereocenters. The van der Waals surface area contributed by atoms with Crippen molar-refractivity contribution in [1.29, 1.82) is 0 Å². The predicted molar refractivity (Wildman–Crippen MR) is 101 cm³/mol. The third-order valence-corrected chi connectivity index (χ3v) is 4.73. The van der Waals surface area contributed by atoms with Crippen molar-refractivity contribution in [3.05, 3.63) is 47.0 Å². The lowest BCUT2D eigenvalue weighted by Crippen LogP contribution is -2.08. The van der Waals surface area contributed by atoms with Crippen molar-refractivity contribution < 1.29 is 23.7 Å². The van der Waals surface area contributed by atoms with Gasteiger partial charge < -0.3 is 18.9 Å². The molecule has 0 spiro atoms. The van der Waals surface area contributed by atoms with Gasteiger partial charge in [0.1, 0.15) is 5.75 Å². The largest absolute Gasteiger partial charge is 0.466 e. The van der Waals surface area contributed by atoms with Crippen molar-refractivity contribution in [3.8, 4) is 23.0 Å². The van der Waals surface area contributed by atoms with Gasteiger partial charge in [-0.2, -0.15) is 0 Å². The molecule has 2 aromatic rings. The Balaban J connectivity index is 1.98. The SMILES string of the molecule is CCOC(=O)Cc1ccc2c(c1Oc1ccc(CBr)cc1CC)OCO2. The van der Waals surface area contributed by atoms with Gasteiger partial charge in [-0.15, -0.1) is 0 Å². The van der Waals surface area contributed by atoms with E-state index in [2.05, 4.69) is 28.9 Å². The molecule has 2 aromatic carbocycles. The van der Waals surface area contributed by atoms with Gasteiger partial charge in [0.05, 0.1) is 13.0 Å². The maximum atomic E-state index is 12.0. The minimum atomic E-state index is -0.304. The Bertz CT molecular complexity index is 803. The van der Waals surface area contributed by atoms with Gasteiger partial charge in [-0.1, -0.05) is 41.1 Å². The molecule has 0 aliphatic carbocycles. The van der Waals surface area contributed by atoms with Crippen LogP contribution in [0.15, 0.2) is 30.3 Å². The van der Waals surface area contributed by atoms with Crippen LogP contribution in [0.3, 0.4) is 0 Å². The summed E-state index contributed by atoms with van der Waals surface area (Å²) in [6.45, 7) is 4.34. The number of esters is 1. The first-order chi connectivity index (χ1) is 12.7. The van der Waals surface area contributed by atoms with Crippen LogP contribution in [0.1, 0.15) is 30.5 Å². The summed E-state index contributed by atoms with van der Waals surface area (Å²) >= 11 is 3.48. The van der Waals surface area contributed by atoms with Crippen LogP contribution in [0.2, 0.25) is 0 Å². The number of rotatable bonds is 7. The average Bonchev–Trinajstić information content (AvgIpc) is 3.13. The van der Waals surface area contributed by atoms with Crippen molar-refractivity contribution >= 4 is 21.9 Å². The predicted octanol–water partition coefficient (Wildman–Crippen LogP) is 4.77. The second kappa shape index (κ2) is 8.45. The highest BCUT2D eigenvalue weighted by atomic mass is 79.9. The number of alkyl halides is 1. The molecule has 26 heavy (non-hydrogen) atoms. The summed E-state index contributed by atoms with van der Waals surface area (Å²) in [4.78, 5) is 12.0. The van der Waals surface area contributed by atoms with E-state index in [1.165, 1.54) is 5.56 Å². The molecule has 5 nitrogen and oxygen atoms in total. The van der Waals surface area contributed by atoms with Crippen molar-refractivity contribution in [2.24, 2.45) is 0 Å². The normalized spacial score (nSPS) is 12.1. The van der Waals surface area contributed by atoms with Crippen molar-refractivity contribution in [2.45, 2.75) is 32.0 Å². The molecule has 3 rings (SSSR count). The zero-order valence-corrected chi connectivity index (χ0v) is 16.4. The number of aryl methyl sites for hydroxylation is 1. The highest BCUT2D eigenvalue weighted by Gasteiger charge is 2.25. The molecule has 0 aromatic heterocycles. The van der Waals surface area contributed by atoms with Gasteiger partial charge in [0.2, 0.25) is 12.5 Å². The Morgan fingerprint density at radius 2 is 2.00 bits per heavy atom. The van der Waals surface area contributed by atoms with Gasteiger partial charge in [0, 0.05) is 10.9 Å². The molecule has 0 fully saturated rings. The molecule has 138 valence electrons.